The Labute approximate surface area is 109 Å². The third-order valence-corrected chi connectivity index (χ3v) is 3.32. The Bertz CT molecular complexity index is 440. The Hall–Kier alpha value is -1.51. The van der Waals surface area contributed by atoms with Gasteiger partial charge in [0.25, 0.3) is 5.91 Å². The number of rotatable bonds is 4. The number of benzene rings is 1. The first-order valence-corrected chi connectivity index (χ1v) is 6.78. The van der Waals surface area contributed by atoms with Gasteiger partial charge in [-0.1, -0.05) is 19.9 Å². The molecule has 1 aromatic carbocycles. The molecule has 0 aliphatic carbocycles. The van der Waals surface area contributed by atoms with Crippen LogP contribution in [0.25, 0.3) is 0 Å². The van der Waals surface area contributed by atoms with Gasteiger partial charge in [-0.3, -0.25) is 4.79 Å². The van der Waals surface area contributed by atoms with Gasteiger partial charge in [-0.2, -0.15) is 0 Å². The summed E-state index contributed by atoms with van der Waals surface area (Å²) in [7, 11) is 0. The predicted octanol–water partition coefficient (Wildman–Crippen LogP) is 2.77. The van der Waals surface area contributed by atoms with E-state index in [1.165, 1.54) is 5.56 Å². The third-order valence-electron chi connectivity index (χ3n) is 3.32. The molecule has 0 saturated carbocycles. The van der Waals surface area contributed by atoms with Crippen LogP contribution in [-0.2, 0) is 6.42 Å². The van der Waals surface area contributed by atoms with Crippen LogP contribution in [0, 0.1) is 5.92 Å². The molecule has 0 bridgehead atoms. The maximum atomic E-state index is 12.4. The maximum Gasteiger partial charge on any atom is 0.253 e. The van der Waals surface area contributed by atoms with Gasteiger partial charge in [0.05, 0.1) is 0 Å². The fraction of sp³-hybridized carbons (Fsp3) is 0.533. The van der Waals surface area contributed by atoms with E-state index in [1.807, 2.05) is 24.0 Å². The highest BCUT2D eigenvalue weighted by atomic mass is 16.2. The molecule has 0 fully saturated rings. The summed E-state index contributed by atoms with van der Waals surface area (Å²) in [5, 5.41) is 3.32. The minimum atomic E-state index is 0.141. The average Bonchev–Trinajstić information content (AvgIpc) is 2.81. The van der Waals surface area contributed by atoms with Crippen molar-refractivity contribution in [3.63, 3.8) is 0 Å². The van der Waals surface area contributed by atoms with Gasteiger partial charge in [0.2, 0.25) is 0 Å². The number of nitrogens with one attached hydrogen (secondary N) is 1. The number of carbonyl (C=O) groups excluding carboxylic acids is 1. The van der Waals surface area contributed by atoms with Gasteiger partial charge in [0, 0.05) is 30.9 Å². The standard InChI is InChI=1S/C15H22N2O/c1-4-17(10-11(2)3)15(18)13-6-5-12-7-8-16-14(12)9-13/h5-6,9,11,16H,4,7-8,10H2,1-3H3. The van der Waals surface area contributed by atoms with E-state index >= 15 is 0 Å². The van der Waals surface area contributed by atoms with E-state index in [1.54, 1.807) is 0 Å². The summed E-state index contributed by atoms with van der Waals surface area (Å²) in [6.45, 7) is 8.88. The molecule has 0 radical (unpaired) electrons. The number of anilines is 1. The fourth-order valence-electron chi connectivity index (χ4n) is 2.40. The first-order chi connectivity index (χ1) is 8.61. The lowest BCUT2D eigenvalue weighted by atomic mass is 10.1. The number of carbonyl (C=O) groups is 1. The summed E-state index contributed by atoms with van der Waals surface area (Å²) in [5.74, 6) is 0.643. The predicted molar refractivity (Wildman–Crippen MR) is 75.1 cm³/mol. The lowest BCUT2D eigenvalue weighted by Crippen LogP contribution is -2.34. The molecule has 98 valence electrons. The van der Waals surface area contributed by atoms with E-state index in [0.717, 1.165) is 37.3 Å². The highest BCUT2D eigenvalue weighted by Gasteiger charge is 2.18. The molecule has 0 atom stereocenters. The van der Waals surface area contributed by atoms with Crippen LogP contribution in [0.3, 0.4) is 0 Å². The van der Waals surface area contributed by atoms with Crippen LogP contribution in [0.15, 0.2) is 18.2 Å². The summed E-state index contributed by atoms with van der Waals surface area (Å²) in [6, 6.07) is 6.02. The van der Waals surface area contributed by atoms with Crippen molar-refractivity contribution >= 4 is 11.6 Å². The van der Waals surface area contributed by atoms with E-state index in [0.29, 0.717) is 5.92 Å². The summed E-state index contributed by atoms with van der Waals surface area (Å²) >= 11 is 0. The van der Waals surface area contributed by atoms with Gasteiger partial charge in [-0.25, -0.2) is 0 Å². The molecule has 2 rings (SSSR count). The molecule has 3 nitrogen and oxygen atoms in total. The smallest absolute Gasteiger partial charge is 0.253 e. The lowest BCUT2D eigenvalue weighted by Gasteiger charge is -2.23. The molecule has 0 unspecified atom stereocenters. The van der Waals surface area contributed by atoms with Crippen molar-refractivity contribution in [1.82, 2.24) is 4.90 Å². The first kappa shape index (κ1) is 12.9. The van der Waals surface area contributed by atoms with Gasteiger partial charge in [-0.05, 0) is 37.0 Å². The second kappa shape index (κ2) is 5.42. The summed E-state index contributed by atoms with van der Waals surface area (Å²) in [6.07, 6.45) is 1.06. The van der Waals surface area contributed by atoms with E-state index in [-0.39, 0.29) is 5.91 Å². The molecule has 1 N–H and O–H groups in total. The second-order valence-electron chi connectivity index (χ2n) is 5.29. The Morgan fingerprint density at radius 2 is 2.22 bits per heavy atom. The van der Waals surface area contributed by atoms with Gasteiger partial charge in [0.1, 0.15) is 0 Å². The maximum absolute atomic E-state index is 12.4. The second-order valence-corrected chi connectivity index (χ2v) is 5.29. The molecular formula is C15H22N2O. The summed E-state index contributed by atoms with van der Waals surface area (Å²) in [4.78, 5) is 14.3. The molecule has 1 aromatic rings. The fourth-order valence-corrected chi connectivity index (χ4v) is 2.40. The number of hydrogen-bond donors (Lipinski definition) is 1. The van der Waals surface area contributed by atoms with Crippen molar-refractivity contribution in [2.45, 2.75) is 27.2 Å². The van der Waals surface area contributed by atoms with Crippen LogP contribution in [-0.4, -0.2) is 30.4 Å². The lowest BCUT2D eigenvalue weighted by molar-refractivity contribution is 0.0746. The molecule has 3 heteroatoms. The molecule has 1 aliphatic rings. The van der Waals surface area contributed by atoms with Gasteiger partial charge >= 0.3 is 0 Å². The van der Waals surface area contributed by atoms with Crippen LogP contribution < -0.4 is 5.32 Å². The van der Waals surface area contributed by atoms with E-state index in [4.69, 9.17) is 0 Å². The zero-order valence-corrected chi connectivity index (χ0v) is 11.5. The molecule has 1 amide bonds. The number of hydrogen-bond acceptors (Lipinski definition) is 2. The van der Waals surface area contributed by atoms with Crippen LogP contribution in [0.4, 0.5) is 5.69 Å². The highest BCUT2D eigenvalue weighted by molar-refractivity contribution is 5.95. The van der Waals surface area contributed by atoms with Crippen molar-refractivity contribution < 1.29 is 4.79 Å². The summed E-state index contributed by atoms with van der Waals surface area (Å²) < 4.78 is 0. The largest absolute Gasteiger partial charge is 0.384 e. The van der Waals surface area contributed by atoms with Crippen LogP contribution in [0.5, 0.6) is 0 Å². The Balaban J connectivity index is 2.17. The van der Waals surface area contributed by atoms with E-state index < -0.39 is 0 Å². The number of nitrogens with zero attached hydrogens (tertiary/aromatic N) is 1. The summed E-state index contributed by atoms with van der Waals surface area (Å²) in [5.41, 5.74) is 3.24. The number of fused-ring (bicyclic) bond motifs is 1. The minimum Gasteiger partial charge on any atom is -0.384 e. The van der Waals surface area contributed by atoms with Crippen molar-refractivity contribution in [3.05, 3.63) is 29.3 Å². The SMILES string of the molecule is CCN(CC(C)C)C(=O)c1ccc2c(c1)NCC2. The van der Waals surface area contributed by atoms with Gasteiger partial charge in [0.15, 0.2) is 0 Å². The zero-order valence-electron chi connectivity index (χ0n) is 11.5. The Morgan fingerprint density at radius 3 is 2.89 bits per heavy atom. The number of amides is 1. The van der Waals surface area contributed by atoms with Crippen molar-refractivity contribution in [1.29, 1.82) is 0 Å². The van der Waals surface area contributed by atoms with Crippen molar-refractivity contribution in [3.8, 4) is 0 Å². The van der Waals surface area contributed by atoms with E-state index in [2.05, 4.69) is 25.2 Å². The first-order valence-electron chi connectivity index (χ1n) is 6.78. The molecule has 1 aliphatic heterocycles. The Kier molecular flexibility index (Phi) is 3.90. The minimum absolute atomic E-state index is 0.141. The zero-order chi connectivity index (χ0) is 13.1. The highest BCUT2D eigenvalue weighted by Crippen LogP contribution is 2.24. The van der Waals surface area contributed by atoms with Crippen molar-refractivity contribution in [2.24, 2.45) is 5.92 Å². The molecule has 0 saturated heterocycles. The van der Waals surface area contributed by atoms with Gasteiger partial charge < -0.3 is 10.2 Å². The normalized spacial score (nSPS) is 13.3. The molecule has 0 spiro atoms. The topological polar surface area (TPSA) is 32.3 Å². The monoisotopic (exact) mass is 246 g/mol. The molecule has 18 heavy (non-hydrogen) atoms. The van der Waals surface area contributed by atoms with Crippen LogP contribution >= 0.6 is 0 Å². The third kappa shape index (κ3) is 2.66. The Morgan fingerprint density at radius 1 is 1.44 bits per heavy atom. The van der Waals surface area contributed by atoms with Crippen molar-refractivity contribution in [2.75, 3.05) is 25.0 Å². The quantitative estimate of drug-likeness (QED) is 0.886. The molecule has 1 heterocycles. The van der Waals surface area contributed by atoms with E-state index in [9.17, 15) is 4.79 Å². The van der Waals surface area contributed by atoms with Gasteiger partial charge in [-0.15, -0.1) is 0 Å². The van der Waals surface area contributed by atoms with Crippen LogP contribution in [0.1, 0.15) is 36.7 Å². The molecular weight excluding hydrogens is 224 g/mol. The average molecular weight is 246 g/mol. The van der Waals surface area contributed by atoms with Crippen LogP contribution in [0.2, 0.25) is 0 Å². The molecule has 0 aromatic heterocycles.